The Morgan fingerprint density at radius 3 is 2.69 bits per heavy atom. The summed E-state index contributed by atoms with van der Waals surface area (Å²) in [4.78, 5) is 9.25. The van der Waals surface area contributed by atoms with E-state index in [0.717, 1.165) is 32.2 Å². The number of carboxylic acid groups (broad SMARTS) is 1. The van der Waals surface area contributed by atoms with E-state index in [4.69, 9.17) is 9.84 Å². The van der Waals surface area contributed by atoms with Crippen LogP contribution in [0.2, 0.25) is 0 Å². The zero-order chi connectivity index (χ0) is 10.1. The summed E-state index contributed by atoms with van der Waals surface area (Å²) in [6, 6.07) is 0. The fourth-order valence-electron chi connectivity index (χ4n) is 0.882. The summed E-state index contributed by atoms with van der Waals surface area (Å²) >= 11 is 0. The molecule has 0 bridgehead atoms. The molecule has 1 unspecified atom stereocenters. The molecule has 1 atom stereocenters. The van der Waals surface area contributed by atoms with Gasteiger partial charge in [0.05, 0.1) is 12.7 Å². The van der Waals surface area contributed by atoms with E-state index in [9.17, 15) is 4.79 Å². The van der Waals surface area contributed by atoms with Crippen LogP contribution in [-0.2, 0) is 9.53 Å². The van der Waals surface area contributed by atoms with Gasteiger partial charge in [-0.3, -0.25) is 0 Å². The minimum absolute atomic E-state index is 0.476. The predicted octanol–water partition coefficient (Wildman–Crippen LogP) is 0.642. The van der Waals surface area contributed by atoms with Crippen LogP contribution in [0.25, 0.3) is 0 Å². The normalized spacial score (nSPS) is 21.2. The molecule has 4 nitrogen and oxygen atoms in total. The largest absolute Gasteiger partial charge is 0.478 e. The van der Waals surface area contributed by atoms with Gasteiger partial charge in [-0.15, -0.1) is 0 Å². The van der Waals surface area contributed by atoms with Crippen LogP contribution in [0.3, 0.4) is 0 Å². The first-order valence-corrected chi connectivity index (χ1v) is 4.38. The Morgan fingerprint density at radius 2 is 2.46 bits per heavy atom. The molecule has 1 fully saturated rings. The molecule has 1 rings (SSSR count). The topological polar surface area (TPSA) is 58.6 Å². The van der Waals surface area contributed by atoms with Crippen LogP contribution in [0.15, 0.2) is 12.7 Å². The molecule has 1 aliphatic rings. The lowest BCUT2D eigenvalue weighted by Crippen LogP contribution is -2.37. The highest BCUT2D eigenvalue weighted by molar-refractivity contribution is 5.78. The van der Waals surface area contributed by atoms with Crippen molar-refractivity contribution < 1.29 is 14.6 Å². The molecule has 76 valence electrons. The van der Waals surface area contributed by atoms with Crippen LogP contribution in [0.4, 0.5) is 0 Å². The third kappa shape index (κ3) is 7.49. The van der Waals surface area contributed by atoms with Gasteiger partial charge in [0, 0.05) is 19.2 Å². The van der Waals surface area contributed by atoms with Gasteiger partial charge < -0.3 is 15.2 Å². The summed E-state index contributed by atoms with van der Waals surface area (Å²) in [7, 11) is 0. The lowest BCUT2D eigenvalue weighted by atomic mass is 10.2. The first kappa shape index (κ1) is 12.1. The number of hydrogen-bond donors (Lipinski definition) is 2. The molecular weight excluding hydrogens is 170 g/mol. The van der Waals surface area contributed by atoms with Crippen molar-refractivity contribution in [3.05, 3.63) is 12.7 Å². The van der Waals surface area contributed by atoms with Crippen molar-refractivity contribution >= 4 is 5.97 Å². The molecule has 0 aliphatic carbocycles. The number of carbonyl (C=O) groups is 1. The molecule has 0 aromatic carbocycles. The second-order valence-corrected chi connectivity index (χ2v) is 2.65. The second-order valence-electron chi connectivity index (χ2n) is 2.65. The van der Waals surface area contributed by atoms with E-state index in [1.807, 2.05) is 0 Å². The molecule has 0 spiro atoms. The lowest BCUT2D eigenvalue weighted by Gasteiger charge is -2.21. The number of rotatable bonds is 2. The van der Waals surface area contributed by atoms with E-state index in [-0.39, 0.29) is 0 Å². The monoisotopic (exact) mass is 187 g/mol. The van der Waals surface area contributed by atoms with Crippen molar-refractivity contribution in [3.63, 3.8) is 0 Å². The van der Waals surface area contributed by atoms with E-state index in [1.165, 1.54) is 0 Å². The van der Waals surface area contributed by atoms with Crippen LogP contribution in [0.5, 0.6) is 0 Å². The molecule has 0 radical (unpaired) electrons. The third-order valence-electron chi connectivity index (χ3n) is 1.63. The van der Waals surface area contributed by atoms with Gasteiger partial charge in [0.15, 0.2) is 0 Å². The van der Waals surface area contributed by atoms with Crippen molar-refractivity contribution in [2.75, 3.05) is 19.7 Å². The van der Waals surface area contributed by atoms with Crippen molar-refractivity contribution in [3.8, 4) is 0 Å². The first-order chi connectivity index (χ1) is 6.20. The highest BCUT2D eigenvalue weighted by Gasteiger charge is 2.08. The van der Waals surface area contributed by atoms with E-state index in [0.29, 0.717) is 6.10 Å². The predicted molar refractivity (Wildman–Crippen MR) is 50.7 cm³/mol. The van der Waals surface area contributed by atoms with E-state index in [1.54, 1.807) is 0 Å². The molecule has 4 heteroatoms. The van der Waals surface area contributed by atoms with Crippen LogP contribution in [0, 0.1) is 0 Å². The van der Waals surface area contributed by atoms with Crippen molar-refractivity contribution in [1.29, 1.82) is 0 Å². The molecule has 0 aromatic rings. The van der Waals surface area contributed by atoms with Gasteiger partial charge in [0.2, 0.25) is 0 Å². The van der Waals surface area contributed by atoms with E-state index >= 15 is 0 Å². The maximum Gasteiger partial charge on any atom is 0.327 e. The average molecular weight is 187 g/mol. The number of carboxylic acids is 1. The minimum Gasteiger partial charge on any atom is -0.478 e. The summed E-state index contributed by atoms with van der Waals surface area (Å²) in [6.07, 6.45) is 2.44. The minimum atomic E-state index is -0.981. The Hall–Kier alpha value is -0.870. The molecule has 1 aliphatic heterocycles. The maximum atomic E-state index is 9.25. The quantitative estimate of drug-likeness (QED) is 0.623. The van der Waals surface area contributed by atoms with Crippen LogP contribution >= 0.6 is 0 Å². The molecule has 0 aromatic heterocycles. The van der Waals surface area contributed by atoms with Crippen molar-refractivity contribution in [2.24, 2.45) is 0 Å². The fraction of sp³-hybridized carbons (Fsp3) is 0.667. The number of morpholine rings is 1. The summed E-state index contributed by atoms with van der Waals surface area (Å²) in [5.74, 6) is -0.981. The number of nitrogens with one attached hydrogen (secondary N) is 1. The van der Waals surface area contributed by atoms with Crippen molar-refractivity contribution in [1.82, 2.24) is 5.32 Å². The summed E-state index contributed by atoms with van der Waals surface area (Å²) in [5, 5.41) is 10.9. The Kier molecular flexibility index (Phi) is 7.24. The number of hydrogen-bond acceptors (Lipinski definition) is 3. The molecule has 2 N–H and O–H groups in total. The zero-order valence-electron chi connectivity index (χ0n) is 7.95. The Morgan fingerprint density at radius 1 is 1.85 bits per heavy atom. The standard InChI is InChI=1S/C6H13NO.C3H4O2/c1-2-6-5-7-3-4-8-6;1-2-3(4)5/h6-7H,2-5H2,1H3;2H,1H2,(H,4,5). The lowest BCUT2D eigenvalue weighted by molar-refractivity contribution is -0.131. The van der Waals surface area contributed by atoms with Gasteiger partial charge in [-0.05, 0) is 6.42 Å². The zero-order valence-corrected chi connectivity index (χ0v) is 7.95. The van der Waals surface area contributed by atoms with Crippen LogP contribution < -0.4 is 5.32 Å². The molecule has 1 heterocycles. The molecule has 13 heavy (non-hydrogen) atoms. The maximum absolute atomic E-state index is 9.25. The summed E-state index contributed by atoms with van der Waals surface area (Å²) in [6.45, 7) is 8.06. The molecule has 1 saturated heterocycles. The highest BCUT2D eigenvalue weighted by Crippen LogP contribution is 1.98. The van der Waals surface area contributed by atoms with Crippen LogP contribution in [0.1, 0.15) is 13.3 Å². The Bertz CT molecular complexity index is 153. The van der Waals surface area contributed by atoms with Crippen molar-refractivity contribution in [2.45, 2.75) is 19.4 Å². The third-order valence-corrected chi connectivity index (χ3v) is 1.63. The highest BCUT2D eigenvalue weighted by atomic mass is 16.5. The summed E-state index contributed by atoms with van der Waals surface area (Å²) < 4.78 is 5.36. The number of aliphatic carboxylic acids is 1. The smallest absolute Gasteiger partial charge is 0.327 e. The summed E-state index contributed by atoms with van der Waals surface area (Å²) in [5.41, 5.74) is 0. The Balaban J connectivity index is 0.000000252. The SMILES string of the molecule is C=CC(=O)O.CCC1CNCCO1. The number of ether oxygens (including phenoxy) is 1. The first-order valence-electron chi connectivity index (χ1n) is 4.38. The molecule has 0 saturated carbocycles. The molecule has 0 amide bonds. The average Bonchev–Trinajstić information content (AvgIpc) is 2.20. The fourth-order valence-corrected chi connectivity index (χ4v) is 0.882. The van der Waals surface area contributed by atoms with Crippen LogP contribution in [-0.4, -0.2) is 36.9 Å². The Labute approximate surface area is 78.6 Å². The second kappa shape index (κ2) is 7.76. The van der Waals surface area contributed by atoms with Gasteiger partial charge in [-0.1, -0.05) is 13.5 Å². The molecular formula is C9H17NO3. The van der Waals surface area contributed by atoms with Gasteiger partial charge in [0.25, 0.3) is 0 Å². The van der Waals surface area contributed by atoms with Gasteiger partial charge in [-0.25, -0.2) is 4.79 Å². The van der Waals surface area contributed by atoms with Gasteiger partial charge >= 0.3 is 5.97 Å². The van der Waals surface area contributed by atoms with Gasteiger partial charge in [0.1, 0.15) is 0 Å². The van der Waals surface area contributed by atoms with E-state index < -0.39 is 5.97 Å². The van der Waals surface area contributed by atoms with Gasteiger partial charge in [-0.2, -0.15) is 0 Å². The van der Waals surface area contributed by atoms with E-state index in [2.05, 4.69) is 18.8 Å².